The summed E-state index contributed by atoms with van der Waals surface area (Å²) in [6.45, 7) is 4.17. The summed E-state index contributed by atoms with van der Waals surface area (Å²) in [7, 11) is 0. The number of aliphatic carboxylic acids is 1. The molecule has 1 atom stereocenters. The van der Waals surface area contributed by atoms with Gasteiger partial charge in [0.15, 0.2) is 0 Å². The van der Waals surface area contributed by atoms with Gasteiger partial charge in [0.1, 0.15) is 12.6 Å². The molecule has 0 aliphatic heterocycles. The number of allylic oxidation sites excluding steroid dienone is 1. The molecule has 1 unspecified atom stereocenters. The minimum absolute atomic E-state index is 0.0599. The number of amides is 1. The Morgan fingerprint density at radius 2 is 1.15 bits per heavy atom. The predicted molar refractivity (Wildman–Crippen MR) is 162 cm³/mol. The van der Waals surface area contributed by atoms with Gasteiger partial charge in [-0.15, -0.1) is 0 Å². The van der Waals surface area contributed by atoms with E-state index in [1.54, 1.807) is 0 Å². The fraction of sp³-hybridized carbons (Fsp3) is 0.848. The molecule has 0 bridgehead atoms. The van der Waals surface area contributed by atoms with E-state index in [9.17, 15) is 14.4 Å². The Hall–Kier alpha value is -1.85. The zero-order chi connectivity index (χ0) is 28.8. The second-order valence-corrected chi connectivity index (χ2v) is 11.1. The molecule has 0 saturated heterocycles. The fourth-order valence-corrected chi connectivity index (χ4v) is 4.72. The molecule has 0 aliphatic rings. The third-order valence-electron chi connectivity index (χ3n) is 7.17. The van der Waals surface area contributed by atoms with Gasteiger partial charge in [-0.2, -0.15) is 0 Å². The summed E-state index contributed by atoms with van der Waals surface area (Å²) in [5.74, 6) is -1.27. The second kappa shape index (κ2) is 29.1. The number of ether oxygens (including phenoxy) is 1. The summed E-state index contributed by atoms with van der Waals surface area (Å²) in [6.07, 6.45) is 30.6. The first kappa shape index (κ1) is 37.1. The van der Waals surface area contributed by atoms with Gasteiger partial charge in [0.25, 0.3) is 0 Å². The highest BCUT2D eigenvalue weighted by atomic mass is 16.5. The molecule has 0 aromatic rings. The van der Waals surface area contributed by atoms with E-state index in [4.69, 9.17) is 9.84 Å². The summed E-state index contributed by atoms with van der Waals surface area (Å²) in [5.41, 5.74) is 0. The monoisotopic (exact) mass is 551 g/mol. The van der Waals surface area contributed by atoms with E-state index in [-0.39, 0.29) is 24.5 Å². The quantitative estimate of drug-likeness (QED) is 0.0549. The molecule has 0 aromatic carbocycles. The number of hydrogen-bond donors (Lipinski definition) is 2. The van der Waals surface area contributed by atoms with Crippen molar-refractivity contribution in [2.75, 3.05) is 6.54 Å². The van der Waals surface area contributed by atoms with Gasteiger partial charge in [-0.1, -0.05) is 123 Å². The van der Waals surface area contributed by atoms with E-state index in [0.717, 1.165) is 64.2 Å². The summed E-state index contributed by atoms with van der Waals surface area (Å²) >= 11 is 0. The number of unbranched alkanes of at least 4 members (excludes halogenated alkanes) is 18. The molecule has 0 rings (SSSR count). The number of carboxylic acid groups (broad SMARTS) is 1. The number of carbonyl (C=O) groups excluding carboxylic acids is 2. The number of nitrogens with one attached hydrogen (secondary N) is 1. The van der Waals surface area contributed by atoms with Crippen LogP contribution in [0.5, 0.6) is 0 Å². The average Bonchev–Trinajstić information content (AvgIpc) is 2.91. The second-order valence-electron chi connectivity index (χ2n) is 11.1. The molecule has 228 valence electrons. The van der Waals surface area contributed by atoms with Crippen molar-refractivity contribution in [3.05, 3.63) is 12.2 Å². The van der Waals surface area contributed by atoms with Gasteiger partial charge in [0, 0.05) is 12.8 Å². The molecule has 0 spiro atoms. The minimum Gasteiger partial charge on any atom is -0.480 e. The van der Waals surface area contributed by atoms with Gasteiger partial charge >= 0.3 is 11.9 Å². The smallest absolute Gasteiger partial charge is 0.322 e. The van der Waals surface area contributed by atoms with Crippen LogP contribution in [0.15, 0.2) is 12.2 Å². The molecule has 0 heterocycles. The maximum Gasteiger partial charge on any atom is 0.322 e. The van der Waals surface area contributed by atoms with E-state index >= 15 is 0 Å². The molecule has 0 aromatic heterocycles. The van der Waals surface area contributed by atoms with Crippen LogP contribution < -0.4 is 5.32 Å². The SMILES string of the molecule is CCCCCCCCC/C=C\C(CCCCCCCCC(=O)NCC(=O)O)OC(=O)CCCCCCCCC. The van der Waals surface area contributed by atoms with Crippen molar-refractivity contribution in [3.63, 3.8) is 0 Å². The van der Waals surface area contributed by atoms with Crippen LogP contribution in [0.4, 0.5) is 0 Å². The van der Waals surface area contributed by atoms with Crippen molar-refractivity contribution in [1.29, 1.82) is 0 Å². The van der Waals surface area contributed by atoms with E-state index in [2.05, 4.69) is 31.3 Å². The Kier molecular flexibility index (Phi) is 27.8. The predicted octanol–water partition coefficient (Wildman–Crippen LogP) is 9.06. The van der Waals surface area contributed by atoms with Crippen molar-refractivity contribution in [3.8, 4) is 0 Å². The lowest BCUT2D eigenvalue weighted by Crippen LogP contribution is -2.28. The molecule has 0 aliphatic carbocycles. The van der Waals surface area contributed by atoms with Crippen LogP contribution >= 0.6 is 0 Å². The van der Waals surface area contributed by atoms with Gasteiger partial charge in [-0.3, -0.25) is 14.4 Å². The number of hydrogen-bond acceptors (Lipinski definition) is 4. The molecule has 6 heteroatoms. The maximum atomic E-state index is 12.5. The zero-order valence-corrected chi connectivity index (χ0v) is 25.5. The Bertz CT molecular complexity index is 619. The molecule has 6 nitrogen and oxygen atoms in total. The first-order chi connectivity index (χ1) is 19.0. The zero-order valence-electron chi connectivity index (χ0n) is 25.5. The highest BCUT2D eigenvalue weighted by Gasteiger charge is 2.11. The normalized spacial score (nSPS) is 12.1. The van der Waals surface area contributed by atoms with Gasteiger partial charge in [0.05, 0.1) is 0 Å². The third-order valence-corrected chi connectivity index (χ3v) is 7.17. The summed E-state index contributed by atoms with van der Waals surface area (Å²) in [5, 5.41) is 11.0. The van der Waals surface area contributed by atoms with Crippen LogP contribution in [0, 0.1) is 0 Å². The van der Waals surface area contributed by atoms with Crippen LogP contribution in [-0.2, 0) is 19.1 Å². The van der Waals surface area contributed by atoms with E-state index < -0.39 is 5.97 Å². The van der Waals surface area contributed by atoms with Gasteiger partial charge in [-0.25, -0.2) is 0 Å². The van der Waals surface area contributed by atoms with Crippen LogP contribution in [0.25, 0.3) is 0 Å². The standard InChI is InChI=1S/C33H61NO5/c1-3-5-7-9-11-12-14-17-21-25-30(39-33(38)28-24-20-13-10-8-6-4-2)26-22-18-15-16-19-23-27-31(35)34-29-32(36)37/h21,25,30H,3-20,22-24,26-29H2,1-2H3,(H,34,35)(H,36,37)/b25-21-. The first-order valence-corrected chi connectivity index (χ1v) is 16.3. The van der Waals surface area contributed by atoms with E-state index in [0.29, 0.717) is 12.8 Å². The lowest BCUT2D eigenvalue weighted by atomic mass is 10.0. The van der Waals surface area contributed by atoms with E-state index in [1.807, 2.05) is 0 Å². The molecule has 2 N–H and O–H groups in total. The largest absolute Gasteiger partial charge is 0.480 e. The molecule has 0 saturated carbocycles. The number of esters is 1. The summed E-state index contributed by atoms with van der Waals surface area (Å²) < 4.78 is 5.87. The number of carboxylic acids is 1. The lowest BCUT2D eigenvalue weighted by molar-refractivity contribution is -0.147. The molecular formula is C33H61NO5. The Morgan fingerprint density at radius 1 is 0.667 bits per heavy atom. The van der Waals surface area contributed by atoms with Crippen molar-refractivity contribution in [1.82, 2.24) is 5.32 Å². The van der Waals surface area contributed by atoms with Crippen LogP contribution in [0.2, 0.25) is 0 Å². The Morgan fingerprint density at radius 3 is 1.72 bits per heavy atom. The molecule has 0 fully saturated rings. The van der Waals surface area contributed by atoms with Crippen LogP contribution in [0.1, 0.15) is 168 Å². The Balaban J connectivity index is 4.20. The Labute approximate surface area is 240 Å². The highest BCUT2D eigenvalue weighted by molar-refractivity contribution is 5.80. The highest BCUT2D eigenvalue weighted by Crippen LogP contribution is 2.15. The number of rotatable bonds is 29. The third kappa shape index (κ3) is 29.0. The fourth-order valence-electron chi connectivity index (χ4n) is 4.72. The van der Waals surface area contributed by atoms with E-state index in [1.165, 1.54) is 77.0 Å². The first-order valence-electron chi connectivity index (χ1n) is 16.3. The molecule has 39 heavy (non-hydrogen) atoms. The maximum absolute atomic E-state index is 12.5. The molecule has 0 radical (unpaired) electrons. The van der Waals surface area contributed by atoms with Gasteiger partial charge < -0.3 is 15.2 Å². The van der Waals surface area contributed by atoms with Crippen LogP contribution in [0.3, 0.4) is 0 Å². The van der Waals surface area contributed by atoms with Crippen LogP contribution in [-0.4, -0.2) is 35.6 Å². The van der Waals surface area contributed by atoms with Crippen molar-refractivity contribution >= 4 is 17.8 Å². The molecular weight excluding hydrogens is 490 g/mol. The van der Waals surface area contributed by atoms with Crippen molar-refractivity contribution < 1.29 is 24.2 Å². The lowest BCUT2D eigenvalue weighted by Gasteiger charge is -2.15. The van der Waals surface area contributed by atoms with Gasteiger partial charge in [0.2, 0.25) is 5.91 Å². The minimum atomic E-state index is -1.02. The van der Waals surface area contributed by atoms with Crippen molar-refractivity contribution in [2.24, 2.45) is 0 Å². The summed E-state index contributed by atoms with van der Waals surface area (Å²) in [4.78, 5) is 34.5. The topological polar surface area (TPSA) is 92.7 Å². The summed E-state index contributed by atoms with van der Waals surface area (Å²) in [6, 6.07) is 0. The van der Waals surface area contributed by atoms with Gasteiger partial charge in [-0.05, 0) is 44.6 Å². The number of carbonyl (C=O) groups is 3. The van der Waals surface area contributed by atoms with Crippen molar-refractivity contribution in [2.45, 2.75) is 174 Å². The average molecular weight is 552 g/mol. The molecule has 1 amide bonds.